The Morgan fingerprint density at radius 3 is 2.64 bits per heavy atom. The summed E-state index contributed by atoms with van der Waals surface area (Å²) < 4.78 is 49.0. The van der Waals surface area contributed by atoms with E-state index in [0.29, 0.717) is 34.0 Å². The van der Waals surface area contributed by atoms with Crippen molar-refractivity contribution < 1.29 is 27.4 Å². The normalized spacial score (nSPS) is 18.3. The van der Waals surface area contributed by atoms with Gasteiger partial charge in [0.2, 0.25) is 0 Å². The van der Waals surface area contributed by atoms with Crippen molar-refractivity contribution in [3.05, 3.63) is 40.4 Å². The summed E-state index contributed by atoms with van der Waals surface area (Å²) in [5.74, 6) is 0. The third-order valence-electron chi connectivity index (χ3n) is 3.84. The van der Waals surface area contributed by atoms with Crippen LogP contribution in [-0.2, 0) is 22.3 Å². The number of benzene rings is 1. The molecule has 1 aromatic carbocycles. The minimum Gasteiger partial charge on any atom is -0.353 e. The molecule has 0 spiro atoms. The summed E-state index contributed by atoms with van der Waals surface area (Å²) in [6.07, 6.45) is -1.16. The van der Waals surface area contributed by atoms with Gasteiger partial charge in [0.25, 0.3) is 0 Å². The molecule has 0 aliphatic carbocycles. The van der Waals surface area contributed by atoms with Crippen LogP contribution in [0.25, 0.3) is 10.6 Å². The first-order chi connectivity index (χ1) is 12.0. The highest BCUT2D eigenvalue weighted by atomic mass is 32.1. The quantitative estimate of drug-likeness (QED) is 0.716. The van der Waals surface area contributed by atoms with Crippen LogP contribution in [0.4, 0.5) is 13.2 Å². The van der Waals surface area contributed by atoms with E-state index in [1.165, 1.54) is 12.1 Å². The summed E-state index contributed by atoms with van der Waals surface area (Å²) in [4.78, 5) is 16.0. The van der Waals surface area contributed by atoms with Crippen molar-refractivity contribution in [1.82, 2.24) is 4.98 Å². The summed E-state index contributed by atoms with van der Waals surface area (Å²) >= 11 is 1.13. The van der Waals surface area contributed by atoms with Crippen molar-refractivity contribution in [2.45, 2.75) is 38.3 Å². The van der Waals surface area contributed by atoms with Crippen LogP contribution in [0.2, 0.25) is 0 Å². The van der Waals surface area contributed by atoms with E-state index in [0.717, 1.165) is 42.7 Å². The van der Waals surface area contributed by atoms with Gasteiger partial charge in [0.15, 0.2) is 12.6 Å². The van der Waals surface area contributed by atoms with Crippen molar-refractivity contribution >= 4 is 17.6 Å². The number of thiazole rings is 1. The summed E-state index contributed by atoms with van der Waals surface area (Å²) in [6.45, 7) is 0.787. The van der Waals surface area contributed by atoms with E-state index < -0.39 is 11.7 Å². The maximum atomic E-state index is 12.6. The minimum atomic E-state index is -4.38. The average molecular weight is 371 g/mol. The minimum absolute atomic E-state index is 0.135. The molecule has 0 radical (unpaired) electrons. The molecule has 1 aliphatic rings. The Kier molecular flexibility index (Phi) is 5.51. The number of aromatic nitrogens is 1. The Morgan fingerprint density at radius 2 is 2.04 bits per heavy atom. The maximum absolute atomic E-state index is 12.6. The van der Waals surface area contributed by atoms with Crippen molar-refractivity contribution in [3.8, 4) is 10.6 Å². The molecule has 8 heteroatoms. The van der Waals surface area contributed by atoms with E-state index >= 15 is 0 Å². The maximum Gasteiger partial charge on any atom is 0.416 e. The molecular formula is C17H16F3NO3S. The van der Waals surface area contributed by atoms with Crippen molar-refractivity contribution in [2.24, 2.45) is 0 Å². The van der Waals surface area contributed by atoms with E-state index in [1.807, 2.05) is 0 Å². The van der Waals surface area contributed by atoms with E-state index in [1.54, 1.807) is 0 Å². The van der Waals surface area contributed by atoms with Gasteiger partial charge in [-0.2, -0.15) is 13.2 Å². The van der Waals surface area contributed by atoms with Crippen molar-refractivity contribution in [2.75, 3.05) is 6.61 Å². The molecule has 1 saturated heterocycles. The smallest absolute Gasteiger partial charge is 0.353 e. The third kappa shape index (κ3) is 4.45. The number of carbonyl (C=O) groups is 1. The van der Waals surface area contributed by atoms with Crippen LogP contribution in [0.15, 0.2) is 24.3 Å². The molecule has 1 unspecified atom stereocenters. The van der Waals surface area contributed by atoms with E-state index in [-0.39, 0.29) is 12.9 Å². The molecule has 0 saturated carbocycles. The summed E-state index contributed by atoms with van der Waals surface area (Å²) in [7, 11) is 0. The molecular weight excluding hydrogens is 355 g/mol. The predicted octanol–water partition coefficient (Wildman–Crippen LogP) is 4.68. The highest BCUT2D eigenvalue weighted by Gasteiger charge is 2.30. The molecule has 134 valence electrons. The van der Waals surface area contributed by atoms with Crippen molar-refractivity contribution in [1.29, 1.82) is 0 Å². The molecule has 1 atom stereocenters. The van der Waals surface area contributed by atoms with Gasteiger partial charge in [0.1, 0.15) is 5.01 Å². The molecule has 25 heavy (non-hydrogen) atoms. The second-order valence-electron chi connectivity index (χ2n) is 5.63. The number of nitrogens with zero attached hydrogens (tertiary/aromatic N) is 1. The number of ether oxygens (including phenoxy) is 2. The van der Waals surface area contributed by atoms with Crippen LogP contribution in [0.3, 0.4) is 0 Å². The lowest BCUT2D eigenvalue weighted by molar-refractivity contribution is -0.169. The van der Waals surface area contributed by atoms with Gasteiger partial charge in [-0.3, -0.25) is 4.79 Å². The highest BCUT2D eigenvalue weighted by Crippen LogP contribution is 2.33. The highest BCUT2D eigenvalue weighted by molar-refractivity contribution is 7.16. The van der Waals surface area contributed by atoms with Gasteiger partial charge in [-0.25, -0.2) is 4.98 Å². The molecule has 0 N–H and O–H groups in total. The first kappa shape index (κ1) is 18.0. The fourth-order valence-electron chi connectivity index (χ4n) is 2.50. The van der Waals surface area contributed by atoms with Gasteiger partial charge >= 0.3 is 6.18 Å². The van der Waals surface area contributed by atoms with Gasteiger partial charge in [-0.15, -0.1) is 11.3 Å². The standard InChI is InChI=1S/C17H16F3NO3S/c18-17(19,20)12-6-4-11(5-7-12)16-21-13(14(9-22)25-16)10-24-15-3-1-2-8-23-15/h4-7,9,15H,1-3,8,10H2. The van der Waals surface area contributed by atoms with Crippen LogP contribution in [0.5, 0.6) is 0 Å². The second kappa shape index (κ2) is 7.63. The van der Waals surface area contributed by atoms with Crippen LogP contribution >= 0.6 is 11.3 Å². The SMILES string of the molecule is O=Cc1sc(-c2ccc(C(F)(F)F)cc2)nc1COC1CCCCO1. The average Bonchev–Trinajstić information content (AvgIpc) is 3.03. The Morgan fingerprint density at radius 1 is 1.28 bits per heavy atom. The van der Waals surface area contributed by atoms with Crippen LogP contribution in [0.1, 0.15) is 40.2 Å². The lowest BCUT2D eigenvalue weighted by atomic mass is 10.1. The predicted molar refractivity (Wildman–Crippen MR) is 86.3 cm³/mol. The lowest BCUT2D eigenvalue weighted by Crippen LogP contribution is -2.22. The van der Waals surface area contributed by atoms with Crippen LogP contribution in [0, 0.1) is 0 Å². The molecule has 2 heterocycles. The van der Waals surface area contributed by atoms with E-state index in [4.69, 9.17) is 9.47 Å². The largest absolute Gasteiger partial charge is 0.416 e. The number of hydrogen-bond donors (Lipinski definition) is 0. The van der Waals surface area contributed by atoms with Crippen molar-refractivity contribution in [3.63, 3.8) is 0 Å². The number of alkyl halides is 3. The number of carbonyl (C=O) groups excluding carboxylic acids is 1. The lowest BCUT2D eigenvalue weighted by Gasteiger charge is -2.22. The van der Waals surface area contributed by atoms with Crippen LogP contribution in [-0.4, -0.2) is 24.2 Å². The van der Waals surface area contributed by atoms with Gasteiger partial charge < -0.3 is 9.47 Å². The number of rotatable bonds is 5. The first-order valence-electron chi connectivity index (χ1n) is 7.83. The first-order valence-corrected chi connectivity index (χ1v) is 8.65. The summed E-state index contributed by atoms with van der Waals surface area (Å²) in [5.41, 5.74) is 0.284. The van der Waals surface area contributed by atoms with Gasteiger partial charge in [0.05, 0.1) is 22.7 Å². The number of halogens is 3. The monoisotopic (exact) mass is 371 g/mol. The van der Waals surface area contributed by atoms with Gasteiger partial charge in [0, 0.05) is 12.2 Å². The summed E-state index contributed by atoms with van der Waals surface area (Å²) in [5, 5.41) is 0.485. The molecule has 0 bridgehead atoms. The molecule has 1 aliphatic heterocycles. The van der Waals surface area contributed by atoms with Gasteiger partial charge in [-0.1, -0.05) is 12.1 Å². The zero-order valence-corrected chi connectivity index (χ0v) is 14.0. The Labute approximate surface area is 146 Å². The zero-order chi connectivity index (χ0) is 17.9. The Balaban J connectivity index is 1.74. The fraction of sp³-hybridized carbons (Fsp3) is 0.412. The topological polar surface area (TPSA) is 48.4 Å². The third-order valence-corrected chi connectivity index (χ3v) is 4.91. The molecule has 1 aromatic heterocycles. The number of aldehydes is 1. The molecule has 4 nitrogen and oxygen atoms in total. The Bertz CT molecular complexity index is 722. The van der Waals surface area contributed by atoms with E-state index in [2.05, 4.69) is 4.98 Å². The molecule has 3 rings (SSSR count). The molecule has 1 fully saturated rings. The number of hydrogen-bond acceptors (Lipinski definition) is 5. The molecule has 0 amide bonds. The van der Waals surface area contributed by atoms with Crippen LogP contribution < -0.4 is 0 Å². The van der Waals surface area contributed by atoms with E-state index in [9.17, 15) is 18.0 Å². The second-order valence-corrected chi connectivity index (χ2v) is 6.66. The fourth-order valence-corrected chi connectivity index (χ4v) is 3.39. The molecule has 2 aromatic rings. The summed E-state index contributed by atoms with van der Waals surface area (Å²) in [6, 6.07) is 4.71. The Hall–Kier alpha value is -1.77. The van der Waals surface area contributed by atoms with Gasteiger partial charge in [-0.05, 0) is 31.4 Å². The zero-order valence-electron chi connectivity index (χ0n) is 13.2.